The second kappa shape index (κ2) is 3.99. The van der Waals surface area contributed by atoms with Crippen molar-refractivity contribution in [3.05, 3.63) is 46.9 Å². The van der Waals surface area contributed by atoms with Gasteiger partial charge < -0.3 is 0 Å². The first-order chi connectivity index (χ1) is 6.34. The molecule has 1 heterocycles. The van der Waals surface area contributed by atoms with Gasteiger partial charge in [0.25, 0.3) is 0 Å². The summed E-state index contributed by atoms with van der Waals surface area (Å²) in [6, 6.07) is 8.75. The van der Waals surface area contributed by atoms with Gasteiger partial charge in [-0.15, -0.1) is 0 Å². The van der Waals surface area contributed by atoms with E-state index in [1.165, 1.54) is 11.1 Å². The molecule has 0 atom stereocenters. The maximum atomic E-state index is 2.34. The highest BCUT2D eigenvalue weighted by atomic mass is 32.2. The largest absolute Gasteiger partial charge is 0.239 e. The second-order valence-corrected chi connectivity index (χ2v) is 4.28. The normalized spacial score (nSPS) is 16.7. The van der Waals surface area contributed by atoms with Crippen LogP contribution in [0.3, 0.4) is 0 Å². The lowest BCUT2D eigenvalue weighted by molar-refractivity contribution is 0.527. The van der Waals surface area contributed by atoms with Gasteiger partial charge in [0.15, 0.2) is 0 Å². The van der Waals surface area contributed by atoms with Gasteiger partial charge in [0.05, 0.1) is 0 Å². The molecule has 1 aromatic carbocycles. The van der Waals surface area contributed by atoms with Crippen LogP contribution in [0.5, 0.6) is 0 Å². The number of nitrogens with zero attached hydrogens (tertiary/aromatic N) is 1. The summed E-state index contributed by atoms with van der Waals surface area (Å²) in [5.41, 5.74) is 2.72. The fraction of sp³-hybridized carbons (Fsp3) is 0.273. The minimum atomic E-state index is 1.04. The Kier molecular flexibility index (Phi) is 2.71. The lowest BCUT2D eigenvalue weighted by Crippen LogP contribution is -2.10. The molecule has 68 valence electrons. The Morgan fingerprint density at radius 2 is 2.08 bits per heavy atom. The first-order valence-electron chi connectivity index (χ1n) is 4.47. The Morgan fingerprint density at radius 1 is 1.31 bits per heavy atom. The highest BCUT2D eigenvalue weighted by Crippen LogP contribution is 2.20. The maximum absolute atomic E-state index is 2.34. The van der Waals surface area contributed by atoms with Gasteiger partial charge in [-0.1, -0.05) is 35.9 Å². The van der Waals surface area contributed by atoms with Crippen molar-refractivity contribution in [1.82, 2.24) is 4.31 Å². The molecule has 13 heavy (non-hydrogen) atoms. The van der Waals surface area contributed by atoms with Crippen molar-refractivity contribution in [3.63, 3.8) is 0 Å². The van der Waals surface area contributed by atoms with Crippen molar-refractivity contribution >= 4 is 11.9 Å². The van der Waals surface area contributed by atoms with Crippen LogP contribution < -0.4 is 0 Å². The average Bonchev–Trinajstić information content (AvgIpc) is 2.62. The minimum Gasteiger partial charge on any atom is -0.239 e. The van der Waals surface area contributed by atoms with Gasteiger partial charge >= 0.3 is 0 Å². The number of rotatable bonds is 2. The molecule has 0 unspecified atom stereocenters. The summed E-state index contributed by atoms with van der Waals surface area (Å²) in [5, 5.41) is 2.15. The smallest absolute Gasteiger partial charge is 0.0347 e. The maximum Gasteiger partial charge on any atom is 0.0347 e. The molecule has 0 N–H and O–H groups in total. The van der Waals surface area contributed by atoms with E-state index < -0.39 is 0 Å². The minimum absolute atomic E-state index is 1.04. The van der Waals surface area contributed by atoms with Gasteiger partial charge in [-0.2, -0.15) is 0 Å². The quantitative estimate of drug-likeness (QED) is 0.661. The molecule has 0 saturated carbocycles. The summed E-state index contributed by atoms with van der Waals surface area (Å²) in [6.07, 6.45) is 2.19. The van der Waals surface area contributed by atoms with Crippen LogP contribution in [0.15, 0.2) is 35.7 Å². The van der Waals surface area contributed by atoms with Gasteiger partial charge in [-0.05, 0) is 29.8 Å². The Morgan fingerprint density at radius 3 is 2.69 bits per heavy atom. The highest BCUT2D eigenvalue weighted by molar-refractivity contribution is 8.00. The van der Waals surface area contributed by atoms with Crippen molar-refractivity contribution in [2.24, 2.45) is 0 Å². The van der Waals surface area contributed by atoms with Crippen LogP contribution in [0.1, 0.15) is 11.1 Å². The first-order valence-corrected chi connectivity index (χ1v) is 5.30. The van der Waals surface area contributed by atoms with Gasteiger partial charge in [0.2, 0.25) is 0 Å². The fourth-order valence-corrected chi connectivity index (χ4v) is 2.07. The molecule has 0 saturated heterocycles. The fourth-order valence-electron chi connectivity index (χ4n) is 1.33. The standard InChI is InChI=1S/C11H13NS/c1-10-3-5-11(6-4-10)9-12-7-2-8-13-12/h2-6,8H,7,9H2,1H3. The Bertz CT molecular complexity index is 294. The van der Waals surface area contributed by atoms with Gasteiger partial charge in [0, 0.05) is 13.1 Å². The molecule has 0 radical (unpaired) electrons. The van der Waals surface area contributed by atoms with E-state index in [9.17, 15) is 0 Å². The van der Waals surface area contributed by atoms with E-state index in [0.29, 0.717) is 0 Å². The topological polar surface area (TPSA) is 3.24 Å². The van der Waals surface area contributed by atoms with Crippen LogP contribution in [0, 0.1) is 6.92 Å². The van der Waals surface area contributed by atoms with Crippen LogP contribution in [-0.2, 0) is 6.54 Å². The molecule has 0 amide bonds. The SMILES string of the molecule is Cc1ccc(CN2CC=CS2)cc1. The van der Waals surface area contributed by atoms with E-state index in [-0.39, 0.29) is 0 Å². The molecule has 1 aromatic rings. The van der Waals surface area contributed by atoms with Gasteiger partial charge in [-0.25, -0.2) is 4.31 Å². The number of aryl methyl sites for hydroxylation is 1. The zero-order valence-electron chi connectivity index (χ0n) is 7.73. The van der Waals surface area contributed by atoms with Crippen LogP contribution in [-0.4, -0.2) is 10.8 Å². The number of benzene rings is 1. The Labute approximate surface area is 83.6 Å². The summed E-state index contributed by atoms with van der Waals surface area (Å²) in [7, 11) is 0. The second-order valence-electron chi connectivity index (χ2n) is 3.29. The van der Waals surface area contributed by atoms with Gasteiger partial charge in [-0.3, -0.25) is 0 Å². The summed E-state index contributed by atoms with van der Waals surface area (Å²) in [5.74, 6) is 0. The molecule has 1 nitrogen and oxygen atoms in total. The van der Waals surface area contributed by atoms with E-state index in [1.54, 1.807) is 11.9 Å². The highest BCUT2D eigenvalue weighted by Gasteiger charge is 2.06. The Balaban J connectivity index is 1.97. The third-order valence-corrected chi connectivity index (χ3v) is 2.99. The third kappa shape index (κ3) is 2.36. The molecule has 0 fully saturated rings. The summed E-state index contributed by atoms with van der Waals surface area (Å²) < 4.78 is 2.34. The zero-order chi connectivity index (χ0) is 9.10. The average molecular weight is 191 g/mol. The molecule has 1 aliphatic rings. The first kappa shape index (κ1) is 8.85. The van der Waals surface area contributed by atoms with Crippen LogP contribution in [0.4, 0.5) is 0 Å². The molecule has 0 bridgehead atoms. The predicted octanol–water partition coefficient (Wildman–Crippen LogP) is 2.97. The Hall–Kier alpha value is -0.730. The van der Waals surface area contributed by atoms with Crippen molar-refractivity contribution < 1.29 is 0 Å². The zero-order valence-corrected chi connectivity index (χ0v) is 8.55. The van der Waals surface area contributed by atoms with Crippen molar-refractivity contribution in [2.75, 3.05) is 6.54 Å². The van der Waals surface area contributed by atoms with E-state index in [0.717, 1.165) is 13.1 Å². The molecular weight excluding hydrogens is 178 g/mol. The molecule has 0 aromatic heterocycles. The molecule has 1 aliphatic heterocycles. The van der Waals surface area contributed by atoms with E-state index in [4.69, 9.17) is 0 Å². The van der Waals surface area contributed by atoms with Crippen LogP contribution >= 0.6 is 11.9 Å². The summed E-state index contributed by atoms with van der Waals surface area (Å²) >= 11 is 1.79. The lowest BCUT2D eigenvalue weighted by atomic mass is 10.1. The third-order valence-electron chi connectivity index (χ3n) is 2.09. The molecular formula is C11H13NS. The molecule has 0 spiro atoms. The molecule has 0 aliphatic carbocycles. The van der Waals surface area contributed by atoms with Crippen molar-refractivity contribution in [3.8, 4) is 0 Å². The van der Waals surface area contributed by atoms with E-state index in [2.05, 4.69) is 47.0 Å². The molecule has 2 heteroatoms. The van der Waals surface area contributed by atoms with Crippen molar-refractivity contribution in [1.29, 1.82) is 0 Å². The van der Waals surface area contributed by atoms with Crippen molar-refractivity contribution in [2.45, 2.75) is 13.5 Å². The lowest BCUT2D eigenvalue weighted by Gasteiger charge is -2.12. The summed E-state index contributed by atoms with van der Waals surface area (Å²) in [4.78, 5) is 0. The number of hydrogen-bond donors (Lipinski definition) is 0. The van der Waals surface area contributed by atoms with E-state index >= 15 is 0 Å². The predicted molar refractivity (Wildman–Crippen MR) is 58.3 cm³/mol. The van der Waals surface area contributed by atoms with E-state index in [1.807, 2.05) is 0 Å². The summed E-state index contributed by atoms with van der Waals surface area (Å²) in [6.45, 7) is 4.23. The van der Waals surface area contributed by atoms with Gasteiger partial charge in [0.1, 0.15) is 0 Å². The number of hydrogen-bond acceptors (Lipinski definition) is 2. The monoisotopic (exact) mass is 191 g/mol. The molecule has 2 rings (SSSR count). The van der Waals surface area contributed by atoms with Crippen LogP contribution in [0.2, 0.25) is 0 Å². The van der Waals surface area contributed by atoms with Crippen LogP contribution in [0.25, 0.3) is 0 Å².